The number of amides is 2. The van der Waals surface area contributed by atoms with Crippen LogP contribution in [0.3, 0.4) is 0 Å². The largest absolute Gasteiger partial charge is 0.506 e. The van der Waals surface area contributed by atoms with Crippen LogP contribution >= 0.6 is 11.8 Å². The first-order chi connectivity index (χ1) is 9.96. The van der Waals surface area contributed by atoms with E-state index >= 15 is 0 Å². The van der Waals surface area contributed by atoms with Crippen molar-refractivity contribution in [3.8, 4) is 5.75 Å². The number of aromatic carboxylic acids is 1. The fourth-order valence-corrected chi connectivity index (χ4v) is 3.12. The molecule has 0 aliphatic heterocycles. The maximum Gasteiger partial charge on any atom is 0.335 e. The molecule has 0 saturated heterocycles. The van der Waals surface area contributed by atoms with Crippen molar-refractivity contribution >= 4 is 29.4 Å². The molecule has 0 aromatic heterocycles. The lowest BCUT2D eigenvalue weighted by Crippen LogP contribution is -2.46. The smallest absolute Gasteiger partial charge is 0.335 e. The zero-order valence-corrected chi connectivity index (χ0v) is 12.5. The number of nitrogens with one attached hydrogen (secondary N) is 2. The van der Waals surface area contributed by atoms with Gasteiger partial charge in [-0.05, 0) is 37.3 Å². The normalized spacial score (nSPS) is 15.9. The van der Waals surface area contributed by atoms with Crippen molar-refractivity contribution in [3.05, 3.63) is 23.8 Å². The highest BCUT2D eigenvalue weighted by atomic mass is 32.2. The van der Waals surface area contributed by atoms with Crippen LogP contribution in [-0.4, -0.2) is 39.8 Å². The van der Waals surface area contributed by atoms with Crippen LogP contribution in [0.5, 0.6) is 5.75 Å². The molecular weight excluding hydrogens is 292 g/mol. The predicted octanol–water partition coefficient (Wildman–Crippen LogP) is 2.50. The zero-order valence-electron chi connectivity index (χ0n) is 11.7. The van der Waals surface area contributed by atoms with E-state index < -0.39 is 12.0 Å². The summed E-state index contributed by atoms with van der Waals surface area (Å²) in [6, 6.07) is 3.39. The molecule has 1 fully saturated rings. The minimum atomic E-state index is -1.13. The highest BCUT2D eigenvalue weighted by Crippen LogP contribution is 2.42. The Morgan fingerprint density at radius 3 is 2.57 bits per heavy atom. The standard InChI is InChI=1S/C14H18N2O4S/c1-21-14(5-2-6-14)8-15-13(20)16-10-4-3-9(12(18)19)7-11(10)17/h3-4,7,17H,2,5-6,8H2,1H3,(H,18,19)(H2,15,16,20). The van der Waals surface area contributed by atoms with Crippen molar-refractivity contribution in [1.82, 2.24) is 5.32 Å². The molecule has 0 unspecified atom stereocenters. The van der Waals surface area contributed by atoms with Crippen LogP contribution in [0.2, 0.25) is 0 Å². The van der Waals surface area contributed by atoms with Gasteiger partial charge in [0, 0.05) is 11.3 Å². The van der Waals surface area contributed by atoms with E-state index in [2.05, 4.69) is 10.6 Å². The summed E-state index contributed by atoms with van der Waals surface area (Å²) in [7, 11) is 0. The van der Waals surface area contributed by atoms with Crippen LogP contribution in [0.4, 0.5) is 10.5 Å². The number of phenols is 1. The highest BCUT2D eigenvalue weighted by Gasteiger charge is 2.36. The van der Waals surface area contributed by atoms with Crippen LogP contribution in [0.1, 0.15) is 29.6 Å². The number of urea groups is 1. The summed E-state index contributed by atoms with van der Waals surface area (Å²) in [5.74, 6) is -1.40. The number of aromatic hydroxyl groups is 1. The van der Waals surface area contributed by atoms with Gasteiger partial charge >= 0.3 is 12.0 Å². The number of anilines is 1. The molecule has 0 heterocycles. The molecule has 0 atom stereocenters. The Morgan fingerprint density at radius 1 is 1.38 bits per heavy atom. The minimum absolute atomic E-state index is 0.0331. The number of hydrogen-bond acceptors (Lipinski definition) is 4. The van der Waals surface area contributed by atoms with E-state index in [1.807, 2.05) is 6.26 Å². The van der Waals surface area contributed by atoms with E-state index in [4.69, 9.17) is 5.11 Å². The highest BCUT2D eigenvalue weighted by molar-refractivity contribution is 8.00. The average molecular weight is 310 g/mol. The molecular formula is C14H18N2O4S. The van der Waals surface area contributed by atoms with Crippen molar-refractivity contribution in [3.63, 3.8) is 0 Å². The van der Waals surface area contributed by atoms with Gasteiger partial charge < -0.3 is 20.8 Å². The molecule has 1 aliphatic carbocycles. The van der Waals surface area contributed by atoms with E-state index in [0.29, 0.717) is 6.54 Å². The summed E-state index contributed by atoms with van der Waals surface area (Å²) >= 11 is 1.76. The first kappa shape index (κ1) is 15.5. The maximum absolute atomic E-state index is 11.8. The van der Waals surface area contributed by atoms with E-state index in [1.165, 1.54) is 18.6 Å². The molecule has 4 N–H and O–H groups in total. The molecule has 6 nitrogen and oxygen atoms in total. The average Bonchev–Trinajstić information content (AvgIpc) is 2.40. The fourth-order valence-electron chi connectivity index (χ4n) is 2.20. The molecule has 0 radical (unpaired) electrons. The Kier molecular flexibility index (Phi) is 4.62. The van der Waals surface area contributed by atoms with Crippen molar-refractivity contribution in [1.29, 1.82) is 0 Å². The van der Waals surface area contributed by atoms with Crippen LogP contribution in [0.15, 0.2) is 18.2 Å². The van der Waals surface area contributed by atoms with Crippen LogP contribution in [-0.2, 0) is 0 Å². The summed E-state index contributed by atoms with van der Waals surface area (Å²) in [4.78, 5) is 22.6. The van der Waals surface area contributed by atoms with Crippen molar-refractivity contribution < 1.29 is 19.8 Å². The molecule has 1 aromatic carbocycles. The third-order valence-electron chi connectivity index (χ3n) is 3.76. The number of rotatable bonds is 5. The van der Waals surface area contributed by atoms with Crippen molar-refractivity contribution in [2.75, 3.05) is 18.1 Å². The monoisotopic (exact) mass is 310 g/mol. The van der Waals surface area contributed by atoms with Gasteiger partial charge in [0.05, 0.1) is 11.3 Å². The molecule has 1 saturated carbocycles. The SMILES string of the molecule is CSC1(CNC(=O)Nc2ccc(C(=O)O)cc2O)CCC1. The Bertz CT molecular complexity index is 552. The van der Waals surface area contributed by atoms with Gasteiger partial charge in [0.15, 0.2) is 0 Å². The molecule has 2 amide bonds. The molecule has 21 heavy (non-hydrogen) atoms. The summed E-state index contributed by atoms with van der Waals surface area (Å²) in [5, 5.41) is 23.8. The van der Waals surface area contributed by atoms with Crippen molar-refractivity contribution in [2.24, 2.45) is 0 Å². The molecule has 0 bridgehead atoms. The van der Waals surface area contributed by atoms with Crippen LogP contribution in [0.25, 0.3) is 0 Å². The number of carbonyl (C=O) groups is 2. The van der Waals surface area contributed by atoms with E-state index in [-0.39, 0.29) is 21.7 Å². The number of thioether (sulfide) groups is 1. The van der Waals surface area contributed by atoms with Gasteiger partial charge in [-0.25, -0.2) is 9.59 Å². The Balaban J connectivity index is 1.92. The lowest BCUT2D eigenvalue weighted by molar-refractivity contribution is 0.0696. The Morgan fingerprint density at radius 2 is 2.10 bits per heavy atom. The van der Waals surface area contributed by atoms with E-state index in [1.54, 1.807) is 11.8 Å². The van der Waals surface area contributed by atoms with Gasteiger partial charge in [-0.1, -0.05) is 6.42 Å². The van der Waals surface area contributed by atoms with Crippen molar-refractivity contribution in [2.45, 2.75) is 24.0 Å². The lowest BCUT2D eigenvalue weighted by Gasteiger charge is -2.40. The summed E-state index contributed by atoms with van der Waals surface area (Å²) in [6.45, 7) is 0.577. The van der Waals surface area contributed by atoms with E-state index in [9.17, 15) is 14.7 Å². The second-order valence-electron chi connectivity index (χ2n) is 5.09. The van der Waals surface area contributed by atoms with Gasteiger partial charge in [0.1, 0.15) is 5.75 Å². The quantitative estimate of drug-likeness (QED) is 0.626. The maximum atomic E-state index is 11.8. The first-order valence-electron chi connectivity index (χ1n) is 6.62. The number of benzene rings is 1. The third kappa shape index (κ3) is 3.60. The van der Waals surface area contributed by atoms with Gasteiger partial charge in [0.25, 0.3) is 0 Å². The van der Waals surface area contributed by atoms with Gasteiger partial charge in [-0.15, -0.1) is 0 Å². The second-order valence-corrected chi connectivity index (χ2v) is 6.36. The second kappa shape index (κ2) is 6.26. The van der Waals surface area contributed by atoms with Crippen LogP contribution < -0.4 is 10.6 Å². The zero-order chi connectivity index (χ0) is 15.5. The topological polar surface area (TPSA) is 98.7 Å². The van der Waals surface area contributed by atoms with Gasteiger partial charge in [0.2, 0.25) is 0 Å². The number of phenolic OH excluding ortho intramolecular Hbond substituents is 1. The molecule has 0 spiro atoms. The molecule has 1 aromatic rings. The lowest BCUT2D eigenvalue weighted by atomic mass is 9.84. The van der Waals surface area contributed by atoms with E-state index in [0.717, 1.165) is 18.9 Å². The first-order valence-corrected chi connectivity index (χ1v) is 7.84. The summed E-state index contributed by atoms with van der Waals surface area (Å²) in [5.41, 5.74) is 0.151. The summed E-state index contributed by atoms with van der Waals surface area (Å²) in [6.07, 6.45) is 5.40. The Labute approximate surface area is 126 Å². The number of carbonyl (C=O) groups excluding carboxylic acids is 1. The number of hydrogen-bond donors (Lipinski definition) is 4. The fraction of sp³-hybridized carbons (Fsp3) is 0.429. The molecule has 7 heteroatoms. The predicted molar refractivity (Wildman–Crippen MR) is 82.2 cm³/mol. The molecule has 1 aliphatic rings. The third-order valence-corrected chi connectivity index (χ3v) is 5.18. The van der Waals surface area contributed by atoms with Gasteiger partial charge in [-0.3, -0.25) is 0 Å². The summed E-state index contributed by atoms with van der Waals surface area (Å²) < 4.78 is 0.131. The van der Waals surface area contributed by atoms with Gasteiger partial charge in [-0.2, -0.15) is 11.8 Å². The Hall–Kier alpha value is -1.89. The molecule has 114 valence electrons. The molecule has 2 rings (SSSR count). The number of carboxylic acid groups (broad SMARTS) is 1. The van der Waals surface area contributed by atoms with Crippen LogP contribution in [0, 0.1) is 0 Å². The minimum Gasteiger partial charge on any atom is -0.506 e. The number of carboxylic acids is 1.